The minimum atomic E-state index is -4.73. The van der Waals surface area contributed by atoms with Gasteiger partial charge in [0.15, 0.2) is 0 Å². The second-order valence-electron chi connectivity index (χ2n) is 5.10. The van der Waals surface area contributed by atoms with Crippen molar-refractivity contribution in [2.75, 3.05) is 11.4 Å². The van der Waals surface area contributed by atoms with E-state index in [1.807, 2.05) is 0 Å². The summed E-state index contributed by atoms with van der Waals surface area (Å²) in [5.41, 5.74) is 1.47. The van der Waals surface area contributed by atoms with Crippen molar-refractivity contribution in [3.8, 4) is 0 Å². The molecule has 1 aliphatic carbocycles. The fraction of sp³-hybridized carbons (Fsp3) is 0.462. The maximum atomic E-state index is 13.1. The SMILES string of the molecule is O=C(C1CC1)N1CCCc2ccc(S(=O)(=O)F)cc21. The minimum Gasteiger partial charge on any atom is -0.312 e. The Kier molecular flexibility index (Phi) is 2.85. The van der Waals surface area contributed by atoms with Gasteiger partial charge in [-0.1, -0.05) is 6.07 Å². The number of aryl methyl sites for hydroxylation is 1. The number of nitrogens with zero attached hydrogens (tertiary/aromatic N) is 1. The molecule has 4 nitrogen and oxygen atoms in total. The van der Waals surface area contributed by atoms with Crippen molar-refractivity contribution >= 4 is 21.8 Å². The summed E-state index contributed by atoms with van der Waals surface area (Å²) >= 11 is 0. The Hall–Kier alpha value is -1.43. The van der Waals surface area contributed by atoms with Gasteiger partial charge >= 0.3 is 10.2 Å². The van der Waals surface area contributed by atoms with Crippen molar-refractivity contribution in [2.24, 2.45) is 5.92 Å². The molecule has 1 fully saturated rings. The zero-order valence-corrected chi connectivity index (χ0v) is 11.1. The topological polar surface area (TPSA) is 54.5 Å². The second kappa shape index (κ2) is 4.30. The molecule has 0 saturated heterocycles. The molecule has 1 heterocycles. The van der Waals surface area contributed by atoms with Crippen LogP contribution in [0.1, 0.15) is 24.8 Å². The lowest BCUT2D eigenvalue weighted by Gasteiger charge is -2.29. The molecular weight excluding hydrogens is 269 g/mol. The van der Waals surface area contributed by atoms with Crippen LogP contribution < -0.4 is 4.90 Å². The first-order valence-electron chi connectivity index (χ1n) is 6.36. The fourth-order valence-corrected chi connectivity index (χ4v) is 2.97. The van der Waals surface area contributed by atoms with Gasteiger partial charge in [-0.2, -0.15) is 8.42 Å². The maximum Gasteiger partial charge on any atom is 0.332 e. The van der Waals surface area contributed by atoms with Gasteiger partial charge < -0.3 is 4.90 Å². The summed E-state index contributed by atoms with van der Waals surface area (Å²) in [5, 5.41) is 0. The molecule has 1 aromatic carbocycles. The van der Waals surface area contributed by atoms with Crippen molar-refractivity contribution in [1.29, 1.82) is 0 Å². The highest BCUT2D eigenvalue weighted by Crippen LogP contribution is 2.36. The van der Waals surface area contributed by atoms with E-state index in [0.717, 1.165) is 31.2 Å². The number of anilines is 1. The number of fused-ring (bicyclic) bond motifs is 1. The molecule has 3 rings (SSSR count). The van der Waals surface area contributed by atoms with E-state index in [-0.39, 0.29) is 16.7 Å². The van der Waals surface area contributed by atoms with Crippen LogP contribution in [-0.2, 0) is 21.4 Å². The van der Waals surface area contributed by atoms with Crippen LogP contribution in [0.15, 0.2) is 23.1 Å². The predicted molar refractivity (Wildman–Crippen MR) is 68.1 cm³/mol. The van der Waals surface area contributed by atoms with Crippen molar-refractivity contribution in [3.05, 3.63) is 23.8 Å². The smallest absolute Gasteiger partial charge is 0.312 e. The Morgan fingerprint density at radius 2 is 2.05 bits per heavy atom. The summed E-state index contributed by atoms with van der Waals surface area (Å²) in [7, 11) is -4.73. The van der Waals surface area contributed by atoms with Gasteiger partial charge in [0.2, 0.25) is 5.91 Å². The zero-order chi connectivity index (χ0) is 13.6. The molecule has 6 heteroatoms. The number of carbonyl (C=O) groups is 1. The van der Waals surface area contributed by atoms with Gasteiger partial charge in [-0.3, -0.25) is 4.79 Å². The van der Waals surface area contributed by atoms with Gasteiger partial charge in [0, 0.05) is 18.2 Å². The maximum absolute atomic E-state index is 13.1. The Labute approximate surface area is 111 Å². The molecule has 102 valence electrons. The fourth-order valence-electron chi connectivity index (χ4n) is 2.49. The van der Waals surface area contributed by atoms with Crippen LogP contribution in [0.2, 0.25) is 0 Å². The Bertz CT molecular complexity index is 637. The van der Waals surface area contributed by atoms with Gasteiger partial charge in [0.25, 0.3) is 0 Å². The van der Waals surface area contributed by atoms with Crippen LogP contribution in [0.25, 0.3) is 0 Å². The van der Waals surface area contributed by atoms with Gasteiger partial charge in [-0.25, -0.2) is 0 Å². The molecule has 0 bridgehead atoms. The number of carbonyl (C=O) groups excluding carboxylic acids is 1. The zero-order valence-electron chi connectivity index (χ0n) is 10.3. The summed E-state index contributed by atoms with van der Waals surface area (Å²) in [6.07, 6.45) is 3.43. The Balaban J connectivity index is 2.04. The highest BCUT2D eigenvalue weighted by Gasteiger charge is 2.35. The van der Waals surface area contributed by atoms with E-state index >= 15 is 0 Å². The number of rotatable bonds is 2. The first-order valence-corrected chi connectivity index (χ1v) is 7.74. The third-order valence-electron chi connectivity index (χ3n) is 3.65. The van der Waals surface area contributed by atoms with Crippen LogP contribution in [0.4, 0.5) is 9.57 Å². The van der Waals surface area contributed by atoms with Gasteiger partial charge in [0.1, 0.15) is 4.90 Å². The van der Waals surface area contributed by atoms with Crippen molar-refractivity contribution in [3.63, 3.8) is 0 Å². The average molecular weight is 283 g/mol. The largest absolute Gasteiger partial charge is 0.332 e. The average Bonchev–Trinajstić information content (AvgIpc) is 3.19. The van der Waals surface area contributed by atoms with Crippen LogP contribution >= 0.6 is 0 Å². The van der Waals surface area contributed by atoms with E-state index in [2.05, 4.69) is 0 Å². The van der Waals surface area contributed by atoms with Crippen LogP contribution in [0.3, 0.4) is 0 Å². The molecule has 1 aromatic rings. The molecule has 1 amide bonds. The quantitative estimate of drug-likeness (QED) is 0.780. The predicted octanol–water partition coefficient (Wildman–Crippen LogP) is 2.03. The molecule has 2 aliphatic rings. The first-order chi connectivity index (χ1) is 8.97. The third kappa shape index (κ3) is 2.36. The Morgan fingerprint density at radius 3 is 2.68 bits per heavy atom. The third-order valence-corrected chi connectivity index (χ3v) is 4.47. The van der Waals surface area contributed by atoms with Gasteiger partial charge in [-0.15, -0.1) is 3.89 Å². The van der Waals surface area contributed by atoms with Crippen molar-refractivity contribution in [2.45, 2.75) is 30.6 Å². The number of amides is 1. The standard InChI is InChI=1S/C13H14FNO3S/c14-19(17,18)11-6-5-9-2-1-7-15(12(9)8-11)13(16)10-3-4-10/h5-6,8,10H,1-4,7H2. The molecule has 0 N–H and O–H groups in total. The molecule has 1 aliphatic heterocycles. The van der Waals surface area contributed by atoms with E-state index in [1.54, 1.807) is 11.0 Å². The lowest BCUT2D eigenvalue weighted by molar-refractivity contribution is -0.119. The van der Waals surface area contributed by atoms with Crippen molar-refractivity contribution in [1.82, 2.24) is 0 Å². The molecule has 0 spiro atoms. The van der Waals surface area contributed by atoms with Crippen LogP contribution in [0, 0.1) is 5.92 Å². The van der Waals surface area contributed by atoms with E-state index in [0.29, 0.717) is 12.2 Å². The molecule has 19 heavy (non-hydrogen) atoms. The van der Waals surface area contributed by atoms with Crippen LogP contribution in [0.5, 0.6) is 0 Å². The van der Waals surface area contributed by atoms with E-state index < -0.39 is 10.2 Å². The molecule has 0 radical (unpaired) electrons. The van der Waals surface area contributed by atoms with E-state index in [4.69, 9.17) is 0 Å². The van der Waals surface area contributed by atoms with E-state index in [9.17, 15) is 17.1 Å². The molecular formula is C13H14FNO3S. The van der Waals surface area contributed by atoms with Crippen LogP contribution in [-0.4, -0.2) is 20.9 Å². The first kappa shape index (κ1) is 12.6. The highest BCUT2D eigenvalue weighted by molar-refractivity contribution is 7.86. The summed E-state index contributed by atoms with van der Waals surface area (Å²) in [5.74, 6) is 0.103. The summed E-state index contributed by atoms with van der Waals surface area (Å²) < 4.78 is 35.0. The molecule has 1 saturated carbocycles. The van der Waals surface area contributed by atoms with Gasteiger partial charge in [-0.05, 0) is 43.4 Å². The number of hydrogen-bond acceptors (Lipinski definition) is 3. The minimum absolute atomic E-state index is 0.0364. The number of hydrogen-bond donors (Lipinski definition) is 0. The summed E-state index contributed by atoms with van der Waals surface area (Å²) in [6.45, 7) is 0.581. The highest BCUT2D eigenvalue weighted by atomic mass is 32.3. The number of benzene rings is 1. The molecule has 0 unspecified atom stereocenters. The molecule has 0 atom stereocenters. The lowest BCUT2D eigenvalue weighted by Crippen LogP contribution is -2.36. The Morgan fingerprint density at radius 1 is 1.32 bits per heavy atom. The second-order valence-corrected chi connectivity index (χ2v) is 6.44. The summed E-state index contributed by atoms with van der Waals surface area (Å²) in [4.78, 5) is 13.4. The van der Waals surface area contributed by atoms with Gasteiger partial charge in [0.05, 0.1) is 0 Å². The summed E-state index contributed by atoms with van der Waals surface area (Å²) in [6, 6.07) is 4.15. The number of halogens is 1. The monoisotopic (exact) mass is 283 g/mol. The van der Waals surface area contributed by atoms with Crippen molar-refractivity contribution < 1.29 is 17.1 Å². The normalized spacial score (nSPS) is 19.1. The molecule has 0 aromatic heterocycles. The lowest BCUT2D eigenvalue weighted by atomic mass is 10.0. The van der Waals surface area contributed by atoms with E-state index in [1.165, 1.54) is 12.1 Å².